The molecule has 0 radical (unpaired) electrons. The van der Waals surface area contributed by atoms with Crippen LogP contribution in [0.2, 0.25) is 26.2 Å². The number of allylic oxidation sites excluding steroid dienone is 2. The van der Waals surface area contributed by atoms with Crippen LogP contribution < -0.4 is 0 Å². The molecule has 0 amide bonds. The van der Waals surface area contributed by atoms with Gasteiger partial charge in [-0.15, -0.1) is 0 Å². The van der Waals surface area contributed by atoms with Crippen LogP contribution in [0.5, 0.6) is 0 Å². The maximum Gasteiger partial charge on any atom is 0.265 e. The highest BCUT2D eigenvalue weighted by atomic mass is 32.2. The van der Waals surface area contributed by atoms with Gasteiger partial charge in [-0.3, -0.25) is 4.18 Å². The quantitative estimate of drug-likeness (QED) is 0.0908. The molecule has 0 saturated heterocycles. The number of hydrogen-bond acceptors (Lipinski definition) is 5. The van der Waals surface area contributed by atoms with E-state index in [1.165, 1.54) is 19.3 Å². The maximum atomic E-state index is 12.5. The molecule has 2 aliphatic carbocycles. The van der Waals surface area contributed by atoms with Gasteiger partial charge < -0.3 is 8.85 Å². The van der Waals surface area contributed by atoms with E-state index >= 15 is 0 Å². The first-order valence-corrected chi connectivity index (χ1v) is 23.1. The van der Waals surface area contributed by atoms with Crippen molar-refractivity contribution in [2.75, 3.05) is 6.26 Å². The Bertz CT molecular complexity index is 992. The highest BCUT2D eigenvalue weighted by molar-refractivity contribution is 7.86. The van der Waals surface area contributed by atoms with Crippen molar-refractivity contribution in [1.29, 1.82) is 0 Å². The third-order valence-corrected chi connectivity index (χ3v) is 11.2. The van der Waals surface area contributed by atoms with Crippen LogP contribution in [0.15, 0.2) is 24.0 Å². The van der Waals surface area contributed by atoms with E-state index < -0.39 is 39.9 Å². The molecule has 1 unspecified atom stereocenters. The Morgan fingerprint density at radius 3 is 2.17 bits per heavy atom. The van der Waals surface area contributed by atoms with E-state index in [0.29, 0.717) is 18.3 Å². The summed E-state index contributed by atoms with van der Waals surface area (Å²) >= 11 is 0. The molecule has 0 spiro atoms. The Kier molecular flexibility index (Phi) is 12.1. The summed E-state index contributed by atoms with van der Waals surface area (Å²) in [5.41, 5.74) is 0.219. The van der Waals surface area contributed by atoms with Crippen LogP contribution in [0, 0.1) is 40.4 Å². The van der Waals surface area contributed by atoms with Crippen LogP contribution >= 0.6 is 0 Å². The molecule has 0 aromatic heterocycles. The summed E-state index contributed by atoms with van der Waals surface area (Å²) in [4.78, 5) is 0. The molecule has 0 aromatic rings. The lowest BCUT2D eigenvalue weighted by atomic mass is 9.70. The van der Waals surface area contributed by atoms with Crippen LogP contribution in [0.25, 0.3) is 0 Å². The van der Waals surface area contributed by atoms with Gasteiger partial charge in [0.05, 0.1) is 17.6 Å². The highest BCUT2D eigenvalue weighted by Crippen LogP contribution is 2.63. The van der Waals surface area contributed by atoms with Gasteiger partial charge in [0.2, 0.25) is 9.04 Å². The normalized spacial score (nSPS) is 29.8. The lowest BCUT2D eigenvalue weighted by molar-refractivity contribution is -0.0321. The number of hydrogen-bond donors (Lipinski definition) is 0. The fourth-order valence-corrected chi connectivity index (χ4v) is 9.92. The van der Waals surface area contributed by atoms with Crippen molar-refractivity contribution >= 4 is 28.2 Å². The average molecular weight is 615 g/mol. The van der Waals surface area contributed by atoms with Gasteiger partial charge in [0.15, 0.2) is 9.04 Å². The third kappa shape index (κ3) is 9.04. The fraction of sp³-hybridized carbons (Fsp3) is 0.875. The van der Waals surface area contributed by atoms with Gasteiger partial charge >= 0.3 is 0 Å². The monoisotopic (exact) mass is 614 g/mol. The van der Waals surface area contributed by atoms with E-state index in [1.807, 2.05) is 0 Å². The highest BCUT2D eigenvalue weighted by Gasteiger charge is 2.66. The lowest BCUT2D eigenvalue weighted by Gasteiger charge is -2.38. The molecule has 8 heteroatoms. The first-order chi connectivity index (χ1) is 18.1. The second-order valence-corrected chi connectivity index (χ2v) is 21.9. The van der Waals surface area contributed by atoms with Crippen molar-refractivity contribution in [3.63, 3.8) is 0 Å². The van der Waals surface area contributed by atoms with Gasteiger partial charge in [-0.2, -0.15) is 8.42 Å². The Labute approximate surface area is 251 Å². The molecule has 40 heavy (non-hydrogen) atoms. The molecule has 2 fully saturated rings. The fourth-order valence-electron chi connectivity index (χ4n) is 7.22. The average Bonchev–Trinajstić information content (AvgIpc) is 3.19. The van der Waals surface area contributed by atoms with E-state index in [-0.39, 0.29) is 28.6 Å². The van der Waals surface area contributed by atoms with Crippen LogP contribution in [0.4, 0.5) is 0 Å². The molecule has 5 nitrogen and oxygen atoms in total. The van der Waals surface area contributed by atoms with E-state index in [1.54, 1.807) is 0 Å². The van der Waals surface area contributed by atoms with Gasteiger partial charge in [-0.25, -0.2) is 0 Å². The molecule has 7 atom stereocenters. The van der Waals surface area contributed by atoms with E-state index in [9.17, 15) is 8.42 Å². The molecule has 0 N–H and O–H groups in total. The molecule has 2 rings (SSSR count). The van der Waals surface area contributed by atoms with Crippen molar-refractivity contribution in [3.8, 4) is 0 Å². The molecule has 0 aromatic carbocycles. The van der Waals surface area contributed by atoms with Crippen molar-refractivity contribution in [2.24, 2.45) is 40.4 Å². The van der Waals surface area contributed by atoms with Gasteiger partial charge in [0.1, 0.15) is 6.10 Å². The van der Waals surface area contributed by atoms with Crippen molar-refractivity contribution in [3.05, 3.63) is 24.0 Å². The molecule has 2 saturated carbocycles. The summed E-state index contributed by atoms with van der Waals surface area (Å²) in [6.45, 7) is 31.9. The summed E-state index contributed by atoms with van der Waals surface area (Å²) in [5.74, 6) is 2.62. The topological polar surface area (TPSA) is 61.8 Å². The molecule has 0 aliphatic heterocycles. The Hall–Kier alpha value is -0.416. The van der Waals surface area contributed by atoms with E-state index in [4.69, 9.17) is 13.0 Å². The molecule has 0 heterocycles. The van der Waals surface area contributed by atoms with Gasteiger partial charge in [0.25, 0.3) is 10.1 Å². The summed E-state index contributed by atoms with van der Waals surface area (Å²) in [6, 6.07) is 0. The van der Waals surface area contributed by atoms with Crippen LogP contribution in [-0.4, -0.2) is 44.5 Å². The molecular weight excluding hydrogens is 553 g/mol. The second kappa shape index (κ2) is 13.5. The maximum absolute atomic E-state index is 12.5. The number of rotatable bonds is 13. The zero-order valence-corrected chi connectivity index (χ0v) is 31.2. The predicted molar refractivity (Wildman–Crippen MR) is 175 cm³/mol. The zero-order chi connectivity index (χ0) is 30.8. The van der Waals surface area contributed by atoms with Crippen molar-refractivity contribution in [2.45, 2.75) is 132 Å². The SMILES string of the molecule is C=C1C[C@H]2[C@@H](C(=C[C@H](C[C@H](C)CCCC)C(C)(C)C)O[SiH](C)C)[C@H](C(C)(C)C)C[C@@]2(O[SiH](C)C)C1OS(C)(=O)=O. The molecule has 2 aliphatic rings. The van der Waals surface area contributed by atoms with Crippen molar-refractivity contribution < 1.29 is 21.5 Å². The predicted octanol–water partition coefficient (Wildman–Crippen LogP) is 8.09. The lowest BCUT2D eigenvalue weighted by Crippen LogP contribution is -2.48. The smallest absolute Gasteiger partial charge is 0.265 e. The van der Waals surface area contributed by atoms with Gasteiger partial charge in [-0.05, 0) is 85.7 Å². The Morgan fingerprint density at radius 2 is 1.73 bits per heavy atom. The van der Waals surface area contributed by atoms with Crippen LogP contribution in [0.1, 0.15) is 93.9 Å². The Balaban J connectivity index is 2.74. The first kappa shape index (κ1) is 35.8. The number of unbranched alkanes of at least 4 members (excludes halogenated alkanes) is 1. The summed E-state index contributed by atoms with van der Waals surface area (Å²) in [5, 5.41) is 0. The standard InChI is InChI=1S/C32H62O5SSi2/c1-15-16-17-22(2)18-24(30(4,5)6)20-27(36-39(11)12)28-25-19-23(3)29(35-38(10,33)34)32(25,37-40(13)14)21-26(28)31(7,8)9/h20,22,24-26,28-29,39-40H,3,15-19,21H2,1-2,4-14H3/t22-,24+,25+,26-,28-,29?,32+/m1/s1. The van der Waals surface area contributed by atoms with Crippen LogP contribution in [-0.2, 0) is 23.2 Å². The zero-order valence-electron chi connectivity index (χ0n) is 28.1. The largest absolute Gasteiger partial charge is 0.550 e. The Morgan fingerprint density at radius 1 is 1.12 bits per heavy atom. The summed E-state index contributed by atoms with van der Waals surface area (Å²) in [7, 11) is -6.69. The van der Waals surface area contributed by atoms with Crippen molar-refractivity contribution in [1.82, 2.24) is 0 Å². The van der Waals surface area contributed by atoms with Gasteiger partial charge in [0, 0.05) is 11.8 Å². The minimum atomic E-state index is -3.69. The summed E-state index contributed by atoms with van der Waals surface area (Å²) < 4.78 is 44.7. The second-order valence-electron chi connectivity index (χ2n) is 15.7. The molecule has 234 valence electrons. The molecular formula is C32H62O5SSi2. The van der Waals surface area contributed by atoms with E-state index in [2.05, 4.69) is 94.2 Å². The minimum Gasteiger partial charge on any atom is -0.550 e. The summed E-state index contributed by atoms with van der Waals surface area (Å²) in [6.07, 6.45) is 9.33. The number of fused-ring (bicyclic) bond motifs is 1. The third-order valence-electron chi connectivity index (χ3n) is 9.05. The minimum absolute atomic E-state index is 0.0203. The van der Waals surface area contributed by atoms with E-state index in [0.717, 1.165) is 30.4 Å². The molecule has 0 bridgehead atoms. The first-order valence-electron chi connectivity index (χ1n) is 15.7. The van der Waals surface area contributed by atoms with Crippen LogP contribution in [0.3, 0.4) is 0 Å². The van der Waals surface area contributed by atoms with Gasteiger partial charge in [-0.1, -0.05) is 81.2 Å².